The van der Waals surface area contributed by atoms with Gasteiger partial charge in [0.1, 0.15) is 5.75 Å². The maximum absolute atomic E-state index is 8.76. The molecule has 1 unspecified atom stereocenters. The number of ether oxygens (including phenoxy) is 1. The summed E-state index contributed by atoms with van der Waals surface area (Å²) in [6, 6.07) is 8.05. The number of hydrogen-bond donors (Lipinski definition) is 1. The lowest BCUT2D eigenvalue weighted by molar-refractivity contribution is 0.288. The predicted octanol–water partition coefficient (Wildman–Crippen LogP) is 2.88. The molecule has 1 aromatic carbocycles. The van der Waals surface area contributed by atoms with Crippen molar-refractivity contribution in [2.24, 2.45) is 0 Å². The number of para-hydroxylation sites is 1. The van der Waals surface area contributed by atoms with E-state index in [-0.39, 0.29) is 6.61 Å². The highest BCUT2D eigenvalue weighted by Crippen LogP contribution is 2.18. The van der Waals surface area contributed by atoms with Crippen molar-refractivity contribution in [1.82, 2.24) is 0 Å². The molecular weight excluding hydrogens is 220 g/mol. The lowest BCUT2D eigenvalue weighted by Crippen LogP contribution is -2.06. The minimum Gasteiger partial charge on any atom is -0.492 e. The van der Waals surface area contributed by atoms with E-state index in [0.717, 1.165) is 24.5 Å². The minimum atomic E-state index is 0.271. The quantitative estimate of drug-likeness (QED) is 0.743. The highest BCUT2D eigenvalue weighted by atomic mass is 32.2. The first-order valence-corrected chi connectivity index (χ1v) is 6.70. The number of rotatable bonds is 7. The molecule has 0 aliphatic heterocycles. The van der Waals surface area contributed by atoms with Gasteiger partial charge in [-0.3, -0.25) is 0 Å². The first kappa shape index (κ1) is 13.4. The Kier molecular flexibility index (Phi) is 6.34. The average Bonchev–Trinajstić information content (AvgIpc) is 2.27. The van der Waals surface area contributed by atoms with Crippen LogP contribution in [0.4, 0.5) is 0 Å². The number of aliphatic hydroxyl groups excluding tert-OH is 1. The molecule has 0 heterocycles. The summed E-state index contributed by atoms with van der Waals surface area (Å²) in [5.41, 5.74) is 1.18. The zero-order valence-corrected chi connectivity index (χ0v) is 10.8. The van der Waals surface area contributed by atoms with Gasteiger partial charge in [-0.15, -0.1) is 0 Å². The summed E-state index contributed by atoms with van der Waals surface area (Å²) in [5.74, 6) is 1.94. The number of hydrogen-bond acceptors (Lipinski definition) is 3. The van der Waals surface area contributed by atoms with Crippen LogP contribution in [-0.4, -0.2) is 29.3 Å². The zero-order chi connectivity index (χ0) is 11.8. The molecule has 0 aliphatic rings. The van der Waals surface area contributed by atoms with Crippen molar-refractivity contribution in [1.29, 1.82) is 0 Å². The van der Waals surface area contributed by atoms with Gasteiger partial charge in [0.05, 0.1) is 6.61 Å². The van der Waals surface area contributed by atoms with Crippen LogP contribution in [-0.2, 0) is 0 Å². The standard InChI is InChI=1S/C13H20O2S/c1-11-5-3-4-6-13(11)15-9-10-16-12(2)7-8-14/h3-6,12,14H,7-10H2,1-2H3. The van der Waals surface area contributed by atoms with Crippen LogP contribution < -0.4 is 4.74 Å². The van der Waals surface area contributed by atoms with Gasteiger partial charge in [0.15, 0.2) is 0 Å². The number of thioether (sulfide) groups is 1. The zero-order valence-electron chi connectivity index (χ0n) is 9.98. The fraction of sp³-hybridized carbons (Fsp3) is 0.538. The van der Waals surface area contributed by atoms with Crippen LogP contribution >= 0.6 is 11.8 Å². The van der Waals surface area contributed by atoms with E-state index in [1.54, 1.807) is 0 Å². The second kappa shape index (κ2) is 7.58. The monoisotopic (exact) mass is 240 g/mol. The van der Waals surface area contributed by atoms with Crippen molar-refractivity contribution >= 4 is 11.8 Å². The van der Waals surface area contributed by atoms with Crippen molar-refractivity contribution in [3.63, 3.8) is 0 Å². The molecular formula is C13H20O2S. The van der Waals surface area contributed by atoms with Gasteiger partial charge in [-0.2, -0.15) is 11.8 Å². The number of aliphatic hydroxyl groups is 1. The summed E-state index contributed by atoms with van der Waals surface area (Å²) in [4.78, 5) is 0. The Morgan fingerprint density at radius 3 is 2.81 bits per heavy atom. The third-order valence-electron chi connectivity index (χ3n) is 2.37. The second-order valence-corrected chi connectivity index (χ2v) is 5.35. The molecule has 0 saturated carbocycles. The largest absolute Gasteiger partial charge is 0.492 e. The Hall–Kier alpha value is -0.670. The van der Waals surface area contributed by atoms with Crippen LogP contribution in [0.25, 0.3) is 0 Å². The Balaban J connectivity index is 2.19. The molecule has 0 fully saturated rings. The summed E-state index contributed by atoms with van der Waals surface area (Å²) < 4.78 is 5.68. The Labute approximate surface area is 102 Å². The summed E-state index contributed by atoms with van der Waals surface area (Å²) in [6.45, 7) is 5.18. The van der Waals surface area contributed by atoms with Crippen LogP contribution in [0.1, 0.15) is 18.9 Å². The van der Waals surface area contributed by atoms with Crippen LogP contribution in [0.3, 0.4) is 0 Å². The van der Waals surface area contributed by atoms with Crippen molar-refractivity contribution in [2.75, 3.05) is 19.0 Å². The van der Waals surface area contributed by atoms with Crippen molar-refractivity contribution in [3.05, 3.63) is 29.8 Å². The van der Waals surface area contributed by atoms with E-state index in [1.807, 2.05) is 30.0 Å². The number of aryl methyl sites for hydroxylation is 1. The lowest BCUT2D eigenvalue weighted by Gasteiger charge is -2.11. The van der Waals surface area contributed by atoms with E-state index in [2.05, 4.69) is 19.9 Å². The third kappa shape index (κ3) is 4.90. The molecule has 3 heteroatoms. The second-order valence-electron chi connectivity index (χ2n) is 3.81. The molecule has 90 valence electrons. The molecule has 1 aromatic rings. The van der Waals surface area contributed by atoms with Gasteiger partial charge in [0, 0.05) is 17.6 Å². The predicted molar refractivity (Wildman–Crippen MR) is 70.3 cm³/mol. The molecule has 1 rings (SSSR count). The van der Waals surface area contributed by atoms with Crippen LogP contribution in [0.15, 0.2) is 24.3 Å². The summed E-state index contributed by atoms with van der Waals surface area (Å²) in [5, 5.41) is 9.27. The smallest absolute Gasteiger partial charge is 0.122 e. The normalized spacial score (nSPS) is 12.4. The van der Waals surface area contributed by atoms with E-state index < -0.39 is 0 Å². The van der Waals surface area contributed by atoms with E-state index in [4.69, 9.17) is 9.84 Å². The van der Waals surface area contributed by atoms with Crippen molar-refractivity contribution in [2.45, 2.75) is 25.5 Å². The first-order valence-electron chi connectivity index (χ1n) is 5.65. The average molecular weight is 240 g/mol. The fourth-order valence-electron chi connectivity index (χ4n) is 1.38. The van der Waals surface area contributed by atoms with Crippen molar-refractivity contribution in [3.8, 4) is 5.75 Å². The van der Waals surface area contributed by atoms with Crippen LogP contribution in [0.2, 0.25) is 0 Å². The molecule has 0 saturated heterocycles. The summed E-state index contributed by atoms with van der Waals surface area (Å²) in [6.07, 6.45) is 0.856. The van der Waals surface area contributed by atoms with Crippen LogP contribution in [0.5, 0.6) is 5.75 Å². The molecule has 0 spiro atoms. The van der Waals surface area contributed by atoms with E-state index in [9.17, 15) is 0 Å². The Morgan fingerprint density at radius 2 is 2.12 bits per heavy atom. The molecule has 1 atom stereocenters. The summed E-state index contributed by atoms with van der Waals surface area (Å²) in [7, 11) is 0. The molecule has 0 amide bonds. The number of benzene rings is 1. The highest BCUT2D eigenvalue weighted by molar-refractivity contribution is 7.99. The maximum Gasteiger partial charge on any atom is 0.122 e. The summed E-state index contributed by atoms with van der Waals surface area (Å²) >= 11 is 1.84. The van der Waals surface area contributed by atoms with Gasteiger partial charge in [0.2, 0.25) is 0 Å². The van der Waals surface area contributed by atoms with Gasteiger partial charge < -0.3 is 9.84 Å². The first-order chi connectivity index (χ1) is 7.74. The molecule has 0 bridgehead atoms. The van der Waals surface area contributed by atoms with E-state index >= 15 is 0 Å². The Bertz CT molecular complexity index is 302. The van der Waals surface area contributed by atoms with Gasteiger partial charge >= 0.3 is 0 Å². The van der Waals surface area contributed by atoms with E-state index in [1.165, 1.54) is 5.56 Å². The molecule has 16 heavy (non-hydrogen) atoms. The third-order valence-corrected chi connectivity index (χ3v) is 3.58. The topological polar surface area (TPSA) is 29.5 Å². The maximum atomic E-state index is 8.76. The Morgan fingerprint density at radius 1 is 1.38 bits per heavy atom. The minimum absolute atomic E-state index is 0.271. The molecule has 0 aromatic heterocycles. The highest BCUT2D eigenvalue weighted by Gasteiger charge is 2.02. The molecule has 2 nitrogen and oxygen atoms in total. The molecule has 0 aliphatic carbocycles. The lowest BCUT2D eigenvalue weighted by atomic mass is 10.2. The van der Waals surface area contributed by atoms with Gasteiger partial charge in [-0.05, 0) is 25.0 Å². The molecule has 0 radical (unpaired) electrons. The van der Waals surface area contributed by atoms with Gasteiger partial charge in [-0.1, -0.05) is 25.1 Å². The molecule has 1 N–H and O–H groups in total. The van der Waals surface area contributed by atoms with E-state index in [0.29, 0.717) is 5.25 Å². The van der Waals surface area contributed by atoms with Crippen molar-refractivity contribution < 1.29 is 9.84 Å². The SMILES string of the molecule is Cc1ccccc1OCCSC(C)CCO. The van der Waals surface area contributed by atoms with Gasteiger partial charge in [-0.25, -0.2) is 0 Å². The van der Waals surface area contributed by atoms with Crippen LogP contribution in [0, 0.1) is 6.92 Å². The fourth-order valence-corrected chi connectivity index (χ4v) is 2.24. The van der Waals surface area contributed by atoms with Gasteiger partial charge in [0.25, 0.3) is 0 Å².